The normalized spacial score (nSPS) is 11.1. The summed E-state index contributed by atoms with van der Waals surface area (Å²) in [5, 5.41) is 17.1. The summed E-state index contributed by atoms with van der Waals surface area (Å²) in [6.07, 6.45) is 1.52. The Bertz CT molecular complexity index is 275. The molecule has 0 aliphatic heterocycles. The minimum absolute atomic E-state index is 0.779. The zero-order chi connectivity index (χ0) is 9.68. The smallest absolute Gasteiger partial charge is 0.171 e. The molecule has 1 rings (SSSR count). The van der Waals surface area contributed by atoms with Crippen LogP contribution in [-0.4, -0.2) is 23.6 Å². The molecule has 0 spiro atoms. The van der Waals surface area contributed by atoms with Crippen LogP contribution < -0.4 is 4.74 Å². The molecule has 0 atom stereocenters. The van der Waals surface area contributed by atoms with Gasteiger partial charge in [-0.25, -0.2) is 0 Å². The van der Waals surface area contributed by atoms with E-state index >= 15 is 0 Å². The lowest BCUT2D eigenvalue weighted by Crippen LogP contribution is -1.96. The average Bonchev–Trinajstić information content (AvgIpc) is 2.15. The van der Waals surface area contributed by atoms with E-state index in [-0.39, 0.29) is 0 Å². The van der Waals surface area contributed by atoms with Crippen molar-refractivity contribution in [1.82, 2.24) is 0 Å². The summed E-state index contributed by atoms with van der Waals surface area (Å²) in [7, 11) is 1.60. The van der Waals surface area contributed by atoms with Gasteiger partial charge in [0.25, 0.3) is 0 Å². The molecular formula is C10H12O3. The Hall–Kier alpha value is -1.32. The minimum Gasteiger partial charge on any atom is -0.497 e. The molecule has 3 nitrogen and oxygen atoms in total. The van der Waals surface area contributed by atoms with Crippen molar-refractivity contribution in [2.45, 2.75) is 6.29 Å². The van der Waals surface area contributed by atoms with Crippen molar-refractivity contribution >= 4 is 6.08 Å². The predicted octanol–water partition coefficient (Wildman–Crippen LogP) is 1.02. The summed E-state index contributed by atoms with van der Waals surface area (Å²) in [6, 6.07) is 7.28. The van der Waals surface area contributed by atoms with Crippen LogP contribution in [0.15, 0.2) is 30.3 Å². The molecule has 0 radical (unpaired) electrons. The summed E-state index contributed by atoms with van der Waals surface area (Å²) in [4.78, 5) is 0. The van der Waals surface area contributed by atoms with Crippen LogP contribution in [0.4, 0.5) is 0 Å². The van der Waals surface area contributed by atoms with E-state index in [0.29, 0.717) is 0 Å². The quantitative estimate of drug-likeness (QED) is 0.683. The second-order valence-electron chi connectivity index (χ2n) is 2.55. The number of rotatable bonds is 3. The van der Waals surface area contributed by atoms with Gasteiger partial charge in [-0.15, -0.1) is 0 Å². The van der Waals surface area contributed by atoms with Crippen molar-refractivity contribution in [3.8, 4) is 5.75 Å². The van der Waals surface area contributed by atoms with Gasteiger partial charge in [-0.3, -0.25) is 0 Å². The fraction of sp³-hybridized carbons (Fsp3) is 0.200. The highest BCUT2D eigenvalue weighted by Gasteiger charge is 1.91. The summed E-state index contributed by atoms with van der Waals surface area (Å²) in [5.74, 6) is 0.779. The molecule has 1 aromatic carbocycles. The van der Waals surface area contributed by atoms with Crippen LogP contribution in [0, 0.1) is 0 Å². The molecule has 0 saturated carbocycles. The average molecular weight is 180 g/mol. The number of hydrogen-bond donors (Lipinski definition) is 2. The summed E-state index contributed by atoms with van der Waals surface area (Å²) in [6.45, 7) is 0. The first-order valence-electron chi connectivity index (χ1n) is 3.91. The van der Waals surface area contributed by atoms with Gasteiger partial charge >= 0.3 is 0 Å². The molecule has 1 aromatic rings. The SMILES string of the molecule is COc1ccc(C=CC(O)O)cc1. The number of aliphatic hydroxyl groups is 2. The summed E-state index contributed by atoms with van der Waals surface area (Å²) in [5.41, 5.74) is 0.897. The zero-order valence-electron chi connectivity index (χ0n) is 7.34. The standard InChI is InChI=1S/C10H12O3/c1-13-9-5-2-8(3-6-9)4-7-10(11)12/h2-7,10-12H,1H3. The number of methoxy groups -OCH3 is 1. The first-order valence-corrected chi connectivity index (χ1v) is 3.91. The Morgan fingerprint density at radius 3 is 2.31 bits per heavy atom. The van der Waals surface area contributed by atoms with Gasteiger partial charge < -0.3 is 14.9 Å². The number of benzene rings is 1. The fourth-order valence-electron chi connectivity index (χ4n) is 0.912. The third-order valence-electron chi connectivity index (χ3n) is 1.58. The Labute approximate surface area is 76.9 Å². The lowest BCUT2D eigenvalue weighted by atomic mass is 10.2. The molecule has 0 aromatic heterocycles. The highest BCUT2D eigenvalue weighted by molar-refractivity contribution is 5.50. The molecule has 0 aliphatic rings. The van der Waals surface area contributed by atoms with Crippen LogP contribution in [0.25, 0.3) is 6.08 Å². The monoisotopic (exact) mass is 180 g/mol. The first-order chi connectivity index (χ1) is 6.22. The molecule has 0 saturated heterocycles. The van der Waals surface area contributed by atoms with E-state index < -0.39 is 6.29 Å². The molecule has 70 valence electrons. The number of hydrogen-bond acceptors (Lipinski definition) is 3. The van der Waals surface area contributed by atoms with Crippen LogP contribution in [0.5, 0.6) is 5.75 Å². The Morgan fingerprint density at radius 2 is 1.85 bits per heavy atom. The maximum absolute atomic E-state index is 8.56. The van der Waals surface area contributed by atoms with Crippen LogP contribution >= 0.6 is 0 Å². The van der Waals surface area contributed by atoms with E-state index in [9.17, 15) is 0 Å². The highest BCUT2D eigenvalue weighted by atomic mass is 16.5. The lowest BCUT2D eigenvalue weighted by molar-refractivity contribution is 0.00304. The predicted molar refractivity (Wildman–Crippen MR) is 50.3 cm³/mol. The van der Waals surface area contributed by atoms with E-state index in [1.54, 1.807) is 13.2 Å². The van der Waals surface area contributed by atoms with Crippen molar-refractivity contribution in [2.24, 2.45) is 0 Å². The van der Waals surface area contributed by atoms with E-state index in [1.807, 2.05) is 24.3 Å². The van der Waals surface area contributed by atoms with Crippen molar-refractivity contribution in [2.75, 3.05) is 7.11 Å². The van der Waals surface area contributed by atoms with Gasteiger partial charge in [0.05, 0.1) is 7.11 Å². The highest BCUT2D eigenvalue weighted by Crippen LogP contribution is 2.12. The molecule has 2 N–H and O–H groups in total. The van der Waals surface area contributed by atoms with Crippen LogP contribution in [0.2, 0.25) is 0 Å². The van der Waals surface area contributed by atoms with Crippen molar-refractivity contribution in [3.63, 3.8) is 0 Å². The Balaban J connectivity index is 2.69. The maximum Gasteiger partial charge on any atom is 0.171 e. The third-order valence-corrected chi connectivity index (χ3v) is 1.58. The molecule has 0 heterocycles. The van der Waals surface area contributed by atoms with E-state index in [2.05, 4.69) is 0 Å². The second-order valence-corrected chi connectivity index (χ2v) is 2.55. The van der Waals surface area contributed by atoms with Crippen molar-refractivity contribution in [1.29, 1.82) is 0 Å². The largest absolute Gasteiger partial charge is 0.497 e. The first kappa shape index (κ1) is 9.77. The van der Waals surface area contributed by atoms with E-state index in [4.69, 9.17) is 14.9 Å². The maximum atomic E-state index is 8.56. The number of aliphatic hydroxyl groups excluding tert-OH is 1. The lowest BCUT2D eigenvalue weighted by Gasteiger charge is -1.99. The third kappa shape index (κ3) is 3.27. The molecule has 0 aliphatic carbocycles. The van der Waals surface area contributed by atoms with Crippen molar-refractivity contribution in [3.05, 3.63) is 35.9 Å². The van der Waals surface area contributed by atoms with Gasteiger partial charge in [0, 0.05) is 0 Å². The topological polar surface area (TPSA) is 49.7 Å². The molecule has 0 bridgehead atoms. The second kappa shape index (κ2) is 4.64. The molecule has 0 unspecified atom stereocenters. The summed E-state index contributed by atoms with van der Waals surface area (Å²) < 4.78 is 4.97. The fourth-order valence-corrected chi connectivity index (χ4v) is 0.912. The van der Waals surface area contributed by atoms with Crippen molar-refractivity contribution < 1.29 is 14.9 Å². The van der Waals surface area contributed by atoms with Crippen LogP contribution in [-0.2, 0) is 0 Å². The minimum atomic E-state index is -1.40. The molecule has 0 fully saturated rings. The van der Waals surface area contributed by atoms with Gasteiger partial charge in [-0.2, -0.15) is 0 Å². The van der Waals surface area contributed by atoms with E-state index in [1.165, 1.54) is 6.08 Å². The Morgan fingerprint density at radius 1 is 1.23 bits per heavy atom. The van der Waals surface area contributed by atoms with E-state index in [0.717, 1.165) is 11.3 Å². The molecule has 13 heavy (non-hydrogen) atoms. The van der Waals surface area contributed by atoms with Gasteiger partial charge in [0.1, 0.15) is 5.75 Å². The van der Waals surface area contributed by atoms with Gasteiger partial charge in [-0.05, 0) is 23.8 Å². The molecule has 0 amide bonds. The Kier molecular flexibility index (Phi) is 3.49. The van der Waals surface area contributed by atoms with Crippen LogP contribution in [0.1, 0.15) is 5.56 Å². The van der Waals surface area contributed by atoms with Gasteiger partial charge in [-0.1, -0.05) is 18.2 Å². The zero-order valence-corrected chi connectivity index (χ0v) is 7.34. The summed E-state index contributed by atoms with van der Waals surface area (Å²) >= 11 is 0. The number of ether oxygens (including phenoxy) is 1. The van der Waals surface area contributed by atoms with Crippen LogP contribution in [0.3, 0.4) is 0 Å². The molecule has 3 heteroatoms. The van der Waals surface area contributed by atoms with Gasteiger partial charge in [0.15, 0.2) is 6.29 Å². The molecular weight excluding hydrogens is 168 g/mol. The van der Waals surface area contributed by atoms with Gasteiger partial charge in [0.2, 0.25) is 0 Å².